The van der Waals surface area contributed by atoms with Gasteiger partial charge in [0.1, 0.15) is 0 Å². The first-order chi connectivity index (χ1) is 8.22. The molecular weight excluding hydrogens is 214 g/mol. The SMILES string of the molecule is CCNC(=O)N1CC(N(C)c2ccccc2)C1. The molecule has 0 spiro atoms. The Hall–Kier alpha value is -1.71. The third-order valence-corrected chi connectivity index (χ3v) is 3.19. The van der Waals surface area contributed by atoms with Crippen LogP contribution in [0.5, 0.6) is 0 Å². The molecule has 0 unspecified atom stereocenters. The topological polar surface area (TPSA) is 35.6 Å². The maximum atomic E-state index is 11.5. The van der Waals surface area contributed by atoms with Gasteiger partial charge in [0, 0.05) is 32.4 Å². The number of amides is 2. The molecule has 1 aliphatic heterocycles. The predicted molar refractivity (Wildman–Crippen MR) is 69.3 cm³/mol. The summed E-state index contributed by atoms with van der Waals surface area (Å²) in [5, 5.41) is 2.82. The minimum absolute atomic E-state index is 0.0465. The van der Waals surface area contributed by atoms with E-state index >= 15 is 0 Å². The van der Waals surface area contributed by atoms with Crippen LogP contribution in [-0.2, 0) is 0 Å². The second-order valence-electron chi connectivity index (χ2n) is 4.34. The molecule has 1 N–H and O–H groups in total. The van der Waals surface area contributed by atoms with Crippen molar-refractivity contribution in [3.63, 3.8) is 0 Å². The van der Waals surface area contributed by atoms with Gasteiger partial charge in [0.05, 0.1) is 6.04 Å². The van der Waals surface area contributed by atoms with Gasteiger partial charge in [-0.3, -0.25) is 0 Å². The molecule has 0 radical (unpaired) electrons. The minimum Gasteiger partial charge on any atom is -0.368 e. The van der Waals surface area contributed by atoms with E-state index in [2.05, 4.69) is 29.4 Å². The molecule has 0 saturated carbocycles. The Bertz CT molecular complexity index is 374. The van der Waals surface area contributed by atoms with E-state index in [9.17, 15) is 4.79 Å². The molecule has 4 nitrogen and oxygen atoms in total. The summed E-state index contributed by atoms with van der Waals surface area (Å²) >= 11 is 0. The highest BCUT2D eigenvalue weighted by Crippen LogP contribution is 2.20. The first-order valence-corrected chi connectivity index (χ1v) is 6.03. The maximum absolute atomic E-state index is 11.5. The Morgan fingerprint density at radius 2 is 2.06 bits per heavy atom. The fraction of sp³-hybridized carbons (Fsp3) is 0.462. The largest absolute Gasteiger partial charge is 0.368 e. The van der Waals surface area contributed by atoms with Crippen molar-refractivity contribution < 1.29 is 4.79 Å². The van der Waals surface area contributed by atoms with Crippen LogP contribution in [0.2, 0.25) is 0 Å². The first-order valence-electron chi connectivity index (χ1n) is 6.03. The fourth-order valence-electron chi connectivity index (χ4n) is 2.00. The van der Waals surface area contributed by atoms with E-state index in [1.54, 1.807) is 0 Å². The monoisotopic (exact) mass is 233 g/mol. The number of nitrogens with one attached hydrogen (secondary N) is 1. The number of carbonyl (C=O) groups is 1. The van der Waals surface area contributed by atoms with Gasteiger partial charge in [-0.15, -0.1) is 0 Å². The molecule has 0 atom stereocenters. The predicted octanol–water partition coefficient (Wildman–Crippen LogP) is 1.54. The van der Waals surface area contributed by atoms with E-state index in [4.69, 9.17) is 0 Å². The summed E-state index contributed by atoms with van der Waals surface area (Å²) in [6.45, 7) is 4.23. The normalized spacial score (nSPS) is 15.3. The van der Waals surface area contributed by atoms with Gasteiger partial charge >= 0.3 is 6.03 Å². The molecule has 0 aromatic heterocycles. The summed E-state index contributed by atoms with van der Waals surface area (Å²) in [5.74, 6) is 0. The van der Waals surface area contributed by atoms with E-state index in [0.29, 0.717) is 12.6 Å². The van der Waals surface area contributed by atoms with E-state index in [-0.39, 0.29) is 6.03 Å². The lowest BCUT2D eigenvalue weighted by atomic mass is 10.1. The van der Waals surface area contributed by atoms with Crippen LogP contribution < -0.4 is 10.2 Å². The molecule has 4 heteroatoms. The van der Waals surface area contributed by atoms with Crippen molar-refractivity contribution in [2.24, 2.45) is 0 Å². The average Bonchev–Trinajstić information content (AvgIpc) is 2.28. The van der Waals surface area contributed by atoms with Crippen molar-refractivity contribution in [1.29, 1.82) is 0 Å². The molecule has 1 saturated heterocycles. The van der Waals surface area contributed by atoms with Crippen molar-refractivity contribution >= 4 is 11.7 Å². The first kappa shape index (κ1) is 11.8. The number of hydrogen-bond donors (Lipinski definition) is 1. The van der Waals surface area contributed by atoms with Crippen molar-refractivity contribution in [3.8, 4) is 0 Å². The number of nitrogens with zero attached hydrogens (tertiary/aromatic N) is 2. The minimum atomic E-state index is 0.0465. The summed E-state index contributed by atoms with van der Waals surface area (Å²) < 4.78 is 0. The van der Waals surface area contributed by atoms with Gasteiger partial charge in [0.25, 0.3) is 0 Å². The van der Waals surface area contributed by atoms with Gasteiger partial charge in [-0.05, 0) is 19.1 Å². The number of hydrogen-bond acceptors (Lipinski definition) is 2. The van der Waals surface area contributed by atoms with Crippen LogP contribution in [-0.4, -0.2) is 43.7 Å². The van der Waals surface area contributed by atoms with Crippen molar-refractivity contribution in [2.45, 2.75) is 13.0 Å². The number of benzene rings is 1. The third kappa shape index (κ3) is 2.52. The molecule has 1 fully saturated rings. The van der Waals surface area contributed by atoms with Crippen LogP contribution in [0.3, 0.4) is 0 Å². The highest BCUT2D eigenvalue weighted by Gasteiger charge is 2.33. The maximum Gasteiger partial charge on any atom is 0.317 e. The van der Waals surface area contributed by atoms with E-state index in [1.807, 2.05) is 30.0 Å². The summed E-state index contributed by atoms with van der Waals surface area (Å²) in [4.78, 5) is 15.6. The fourth-order valence-corrected chi connectivity index (χ4v) is 2.00. The van der Waals surface area contributed by atoms with Gasteiger partial charge < -0.3 is 15.1 Å². The van der Waals surface area contributed by atoms with Crippen LogP contribution in [0.25, 0.3) is 0 Å². The number of para-hydroxylation sites is 1. The third-order valence-electron chi connectivity index (χ3n) is 3.19. The second kappa shape index (κ2) is 5.08. The summed E-state index contributed by atoms with van der Waals surface area (Å²) in [7, 11) is 2.08. The molecule has 17 heavy (non-hydrogen) atoms. The highest BCUT2D eigenvalue weighted by molar-refractivity contribution is 5.75. The van der Waals surface area contributed by atoms with Crippen LogP contribution in [0.15, 0.2) is 30.3 Å². The van der Waals surface area contributed by atoms with Crippen LogP contribution in [0.1, 0.15) is 6.92 Å². The lowest BCUT2D eigenvalue weighted by Gasteiger charge is -2.44. The Labute approximate surface area is 102 Å². The molecule has 2 amide bonds. The Morgan fingerprint density at radius 1 is 1.41 bits per heavy atom. The Kier molecular flexibility index (Phi) is 3.52. The number of anilines is 1. The summed E-state index contributed by atoms with van der Waals surface area (Å²) in [6, 6.07) is 10.7. The zero-order chi connectivity index (χ0) is 12.3. The smallest absolute Gasteiger partial charge is 0.317 e. The highest BCUT2D eigenvalue weighted by atomic mass is 16.2. The average molecular weight is 233 g/mol. The molecular formula is C13H19N3O. The number of carbonyl (C=O) groups excluding carboxylic acids is 1. The molecule has 0 bridgehead atoms. The second-order valence-corrected chi connectivity index (χ2v) is 4.34. The molecule has 1 aromatic rings. The molecule has 0 aliphatic carbocycles. The van der Waals surface area contributed by atoms with Gasteiger partial charge in [0.2, 0.25) is 0 Å². The molecule has 1 heterocycles. The van der Waals surface area contributed by atoms with Crippen molar-refractivity contribution in [2.75, 3.05) is 31.6 Å². The van der Waals surface area contributed by atoms with Crippen molar-refractivity contribution in [3.05, 3.63) is 30.3 Å². The molecule has 2 rings (SSSR count). The zero-order valence-corrected chi connectivity index (χ0v) is 10.4. The van der Waals surface area contributed by atoms with E-state index in [0.717, 1.165) is 13.1 Å². The van der Waals surface area contributed by atoms with Gasteiger partial charge in [-0.25, -0.2) is 4.79 Å². The quantitative estimate of drug-likeness (QED) is 0.859. The van der Waals surface area contributed by atoms with Crippen LogP contribution in [0, 0.1) is 0 Å². The lowest BCUT2D eigenvalue weighted by molar-refractivity contribution is 0.151. The lowest BCUT2D eigenvalue weighted by Crippen LogP contribution is -2.62. The zero-order valence-electron chi connectivity index (χ0n) is 10.4. The van der Waals surface area contributed by atoms with Gasteiger partial charge in [-0.2, -0.15) is 0 Å². The van der Waals surface area contributed by atoms with Gasteiger partial charge in [0.15, 0.2) is 0 Å². The van der Waals surface area contributed by atoms with Crippen molar-refractivity contribution in [1.82, 2.24) is 10.2 Å². The number of likely N-dealkylation sites (tertiary alicyclic amines) is 1. The van der Waals surface area contributed by atoms with Gasteiger partial charge in [-0.1, -0.05) is 18.2 Å². The van der Waals surface area contributed by atoms with Crippen LogP contribution in [0.4, 0.5) is 10.5 Å². The standard InChI is InChI=1S/C13H19N3O/c1-3-14-13(17)16-9-12(10-16)15(2)11-7-5-4-6-8-11/h4-8,12H,3,9-10H2,1-2H3,(H,14,17). The Balaban J connectivity index is 1.86. The molecule has 1 aromatic carbocycles. The number of urea groups is 1. The number of likely N-dealkylation sites (N-methyl/N-ethyl adjacent to an activating group) is 1. The van der Waals surface area contributed by atoms with E-state index < -0.39 is 0 Å². The molecule has 92 valence electrons. The molecule has 1 aliphatic rings. The number of rotatable bonds is 3. The van der Waals surface area contributed by atoms with E-state index in [1.165, 1.54) is 5.69 Å². The van der Waals surface area contributed by atoms with Crippen LogP contribution >= 0.6 is 0 Å². The summed E-state index contributed by atoms with van der Waals surface area (Å²) in [6.07, 6.45) is 0. The Morgan fingerprint density at radius 3 is 2.65 bits per heavy atom. The summed E-state index contributed by atoms with van der Waals surface area (Å²) in [5.41, 5.74) is 1.20.